The van der Waals surface area contributed by atoms with Crippen LogP contribution in [0.1, 0.15) is 149 Å². The lowest BCUT2D eigenvalue weighted by Gasteiger charge is -2.41. The highest BCUT2D eigenvalue weighted by Crippen LogP contribution is 2.26. The van der Waals surface area contributed by atoms with Crippen molar-refractivity contribution in [3.8, 4) is 0 Å². The largest absolute Gasteiger partial charge is 0.390 e. The third kappa shape index (κ3) is 22.3. The van der Waals surface area contributed by atoms with Crippen LogP contribution in [-0.2, 0) is 62.2 Å². The van der Waals surface area contributed by atoms with Crippen LogP contribution in [0.2, 0.25) is 0 Å². The second-order valence-electron chi connectivity index (χ2n) is 26.8. The molecule has 0 aromatic heterocycles. The van der Waals surface area contributed by atoms with Gasteiger partial charge in [-0.05, 0) is 102 Å². The molecule has 1 aliphatic heterocycles. The van der Waals surface area contributed by atoms with Gasteiger partial charge in [-0.15, -0.1) is 0 Å². The number of nitrogens with zero attached hydrogens (tertiary/aromatic N) is 7. The third-order valence-corrected chi connectivity index (χ3v) is 17.3. The Balaban J connectivity index is 4.48. The summed E-state index contributed by atoms with van der Waals surface area (Å²) in [6.45, 7) is 27.5. The number of likely N-dealkylation sites (N-methyl/N-ethyl adjacent to an activating group) is 7. The summed E-state index contributed by atoms with van der Waals surface area (Å²) in [6, 6.07) is -14.2. The number of hydrogen-bond donors (Lipinski definition) is 5. The molecule has 1 heterocycles. The average molecular weight is 1280 g/mol. The fourth-order valence-electron chi connectivity index (χ4n) is 11.5. The number of allylic oxidation sites excluding steroid dienone is 2. The number of carbonyl (C=O) groups is 11. The van der Waals surface area contributed by atoms with Crippen molar-refractivity contribution in [2.45, 2.75) is 222 Å². The van der Waals surface area contributed by atoms with Crippen LogP contribution in [0.4, 0.5) is 0 Å². The summed E-state index contributed by atoms with van der Waals surface area (Å²) >= 11 is 0. The third-order valence-electron chi connectivity index (χ3n) is 17.3. The molecule has 11 amide bonds. The lowest BCUT2D eigenvalue weighted by Crippen LogP contribution is -2.64. The average Bonchev–Trinajstić information content (AvgIpc) is 0.864. The Morgan fingerprint density at radius 1 is 0.478 bits per heavy atom. The van der Waals surface area contributed by atoms with Gasteiger partial charge in [-0.3, -0.25) is 52.7 Å². The minimum Gasteiger partial charge on any atom is -0.390 e. The first-order valence-corrected chi connectivity index (χ1v) is 32.1. The van der Waals surface area contributed by atoms with E-state index in [0.29, 0.717) is 12.8 Å². The summed E-state index contributed by atoms with van der Waals surface area (Å²) in [5.41, 5.74) is 0. The number of amides is 11. The molecule has 1 aliphatic rings. The molecule has 1 fully saturated rings. The van der Waals surface area contributed by atoms with Gasteiger partial charge in [0.25, 0.3) is 0 Å². The number of rotatable bonds is 19. The van der Waals surface area contributed by atoms with Crippen molar-refractivity contribution in [2.24, 2.45) is 41.4 Å². The lowest BCUT2D eigenvalue weighted by molar-refractivity contribution is -0.157. The van der Waals surface area contributed by atoms with E-state index < -0.39 is 161 Å². The van der Waals surface area contributed by atoms with Crippen molar-refractivity contribution < 1.29 is 67.3 Å². The van der Waals surface area contributed by atoms with Gasteiger partial charge in [0.1, 0.15) is 66.5 Å². The Hall–Kier alpha value is -6.21. The molecule has 5 N–H and O–H groups in total. The standard InChI is InChI=1S/C65H117N11O14/c1-26-28-29-41(13)54(77)53-58(81)68-46(27-2)61(84)70(17)44(16)60(83)75(22)52(45(34-89-24)35-90-25)57(80)69-50(39(9)10)64(87)72(19)48(32-37(5)6)56(79)66-42(14)55(78)67-43(15)59(82)73(20)49(33-38(7)8)63(86)71(18)47(31-30-36(3)4)62(85)74(21)51(40(11)12)65(88)76(53)23/h26,28,36-54,77H,27,29-35H2,1-25H3,(H,66,79)(H,67,78)(H,68,81)(H,69,80)/b28-26+/t41-,42+,43-,44-,46+,47+,48+,49+,50+,51+,52+,53+,54-/m1/s1. The molecule has 25 heteroatoms. The predicted octanol–water partition coefficient (Wildman–Crippen LogP) is 2.91. The fraction of sp³-hybridized carbons (Fsp3) is 0.800. The van der Waals surface area contributed by atoms with E-state index >= 15 is 14.4 Å². The molecule has 0 saturated carbocycles. The number of aliphatic hydroxyl groups is 1. The Labute approximate surface area is 538 Å². The van der Waals surface area contributed by atoms with Gasteiger partial charge < -0.3 is 70.1 Å². The Morgan fingerprint density at radius 3 is 1.42 bits per heavy atom. The molecule has 516 valence electrons. The highest BCUT2D eigenvalue weighted by atomic mass is 16.5. The van der Waals surface area contributed by atoms with Crippen LogP contribution >= 0.6 is 0 Å². The molecule has 25 nitrogen and oxygen atoms in total. The van der Waals surface area contributed by atoms with Crippen molar-refractivity contribution in [3.63, 3.8) is 0 Å². The van der Waals surface area contributed by atoms with Crippen molar-refractivity contribution in [1.29, 1.82) is 0 Å². The van der Waals surface area contributed by atoms with Crippen molar-refractivity contribution in [1.82, 2.24) is 55.6 Å². The van der Waals surface area contributed by atoms with Crippen LogP contribution in [0.3, 0.4) is 0 Å². The van der Waals surface area contributed by atoms with Crippen molar-refractivity contribution in [2.75, 3.05) is 76.8 Å². The molecule has 0 bridgehead atoms. The molecular weight excluding hydrogens is 1160 g/mol. The normalized spacial score (nSPS) is 26.9. The van der Waals surface area contributed by atoms with Gasteiger partial charge in [-0.2, -0.15) is 0 Å². The first-order chi connectivity index (χ1) is 41.7. The molecule has 0 radical (unpaired) electrons. The summed E-state index contributed by atoms with van der Waals surface area (Å²) in [7, 11) is 12.7. The summed E-state index contributed by atoms with van der Waals surface area (Å²) in [5, 5.41) is 23.2. The molecule has 0 aromatic rings. The van der Waals surface area contributed by atoms with E-state index in [0.717, 1.165) is 14.7 Å². The van der Waals surface area contributed by atoms with E-state index in [1.807, 2.05) is 41.5 Å². The van der Waals surface area contributed by atoms with E-state index in [4.69, 9.17) is 9.47 Å². The summed E-state index contributed by atoms with van der Waals surface area (Å²) in [4.78, 5) is 171. The quantitative estimate of drug-likeness (QED) is 0.116. The number of methoxy groups -OCH3 is 2. The van der Waals surface area contributed by atoms with Crippen LogP contribution < -0.4 is 21.3 Å². The molecule has 0 aromatic carbocycles. The maximum atomic E-state index is 15.3. The van der Waals surface area contributed by atoms with E-state index in [9.17, 15) is 43.5 Å². The molecular formula is C65H117N11O14. The first kappa shape index (κ1) is 81.8. The van der Waals surface area contributed by atoms with Crippen LogP contribution in [-0.4, -0.2) is 254 Å². The maximum absolute atomic E-state index is 15.3. The zero-order valence-corrected chi connectivity index (χ0v) is 59.2. The molecule has 0 aliphatic carbocycles. The van der Waals surface area contributed by atoms with Gasteiger partial charge in [-0.25, -0.2) is 0 Å². The van der Waals surface area contributed by atoms with Crippen LogP contribution in [0.15, 0.2) is 12.2 Å². The van der Waals surface area contributed by atoms with Crippen molar-refractivity contribution >= 4 is 65.0 Å². The van der Waals surface area contributed by atoms with Gasteiger partial charge in [0.05, 0.1) is 19.3 Å². The fourth-order valence-corrected chi connectivity index (χ4v) is 11.5. The molecule has 0 unspecified atom stereocenters. The van der Waals surface area contributed by atoms with Gasteiger partial charge in [-0.1, -0.05) is 95.2 Å². The first-order valence-electron chi connectivity index (χ1n) is 32.1. The van der Waals surface area contributed by atoms with E-state index in [1.54, 1.807) is 60.6 Å². The monoisotopic (exact) mass is 1280 g/mol. The number of carbonyl (C=O) groups excluding carboxylic acids is 11. The predicted molar refractivity (Wildman–Crippen MR) is 345 cm³/mol. The minimum atomic E-state index is -1.64. The van der Waals surface area contributed by atoms with E-state index in [-0.39, 0.29) is 56.7 Å². The molecule has 13 atom stereocenters. The van der Waals surface area contributed by atoms with Crippen LogP contribution in [0.5, 0.6) is 0 Å². The smallest absolute Gasteiger partial charge is 0.246 e. The number of nitrogens with one attached hydrogen (secondary N) is 4. The Kier molecular flexibility index (Phi) is 34.5. The zero-order valence-electron chi connectivity index (χ0n) is 59.2. The molecule has 0 spiro atoms. The van der Waals surface area contributed by atoms with Gasteiger partial charge in [0.2, 0.25) is 65.0 Å². The number of hydrogen-bond acceptors (Lipinski definition) is 14. The SMILES string of the molecule is C/C=C/C[C@@H](C)[C@@H](O)[C@H]1C(=O)N[C@@H](CC)C(=O)N(C)[C@H](C)C(=O)N(C)[C@@H](C(COC)COC)C(=O)N[C@@H](C(C)C)C(=O)N(C)[C@@H](CC(C)C)C(=O)N[C@@H](C)C(=O)N[C@H](C)C(=O)N(C)[C@@H](CC(C)C)C(=O)N(C)[C@@H](CCC(C)C)C(=O)N(C)[C@@H](C(C)C)C(=O)N1C. The second-order valence-corrected chi connectivity index (χ2v) is 26.8. The highest BCUT2D eigenvalue weighted by Gasteiger charge is 2.46. The number of aliphatic hydroxyl groups excluding tert-OH is 1. The molecule has 90 heavy (non-hydrogen) atoms. The molecule has 1 rings (SSSR count). The van der Waals surface area contributed by atoms with Crippen molar-refractivity contribution in [3.05, 3.63) is 12.2 Å². The zero-order chi connectivity index (χ0) is 69.7. The number of ether oxygens (including phenoxy) is 2. The summed E-state index contributed by atoms with van der Waals surface area (Å²) in [6.07, 6.45) is 3.24. The topological polar surface area (TPSA) is 297 Å². The maximum Gasteiger partial charge on any atom is 0.246 e. The molecule has 1 saturated heterocycles. The van der Waals surface area contributed by atoms with E-state index in [1.165, 1.54) is 104 Å². The second kappa shape index (κ2) is 38.0. The Morgan fingerprint density at radius 2 is 0.944 bits per heavy atom. The summed E-state index contributed by atoms with van der Waals surface area (Å²) < 4.78 is 11.1. The Bertz CT molecular complexity index is 2430. The van der Waals surface area contributed by atoms with Gasteiger partial charge in [0, 0.05) is 69.5 Å². The van der Waals surface area contributed by atoms with Gasteiger partial charge >= 0.3 is 0 Å². The minimum absolute atomic E-state index is 0.0152. The van der Waals surface area contributed by atoms with E-state index in [2.05, 4.69) is 21.3 Å². The van der Waals surface area contributed by atoms with Crippen LogP contribution in [0.25, 0.3) is 0 Å². The summed E-state index contributed by atoms with van der Waals surface area (Å²) in [5.74, 6) is -10.7. The highest BCUT2D eigenvalue weighted by molar-refractivity contribution is 6.00. The van der Waals surface area contributed by atoms with Crippen LogP contribution in [0, 0.1) is 41.4 Å². The lowest BCUT2D eigenvalue weighted by atomic mass is 9.91. The van der Waals surface area contributed by atoms with Gasteiger partial charge in [0.15, 0.2) is 0 Å².